The van der Waals surface area contributed by atoms with Gasteiger partial charge in [0.15, 0.2) is 0 Å². The summed E-state index contributed by atoms with van der Waals surface area (Å²) in [7, 11) is 0. The first-order valence-electron chi connectivity index (χ1n) is 2.87. The Bertz CT molecular complexity index is 265. The molecule has 0 saturated heterocycles. The molecule has 1 nitrogen and oxygen atoms in total. The third-order valence-electron chi connectivity index (χ3n) is 1.50. The molecule has 54 valence electrons. The van der Waals surface area contributed by atoms with Gasteiger partial charge in [0.25, 0.3) is 5.24 Å². The van der Waals surface area contributed by atoms with Crippen molar-refractivity contribution in [1.82, 2.24) is 0 Å². The van der Waals surface area contributed by atoms with Gasteiger partial charge in [0.1, 0.15) is 0 Å². The van der Waals surface area contributed by atoms with Crippen molar-refractivity contribution in [3.8, 4) is 0 Å². The largest absolute Gasteiger partial charge is 0.276 e. The Balaban J connectivity index is 3.17. The van der Waals surface area contributed by atoms with Crippen molar-refractivity contribution in [3.63, 3.8) is 0 Å². The molecule has 0 bridgehead atoms. The van der Waals surface area contributed by atoms with E-state index in [9.17, 15) is 4.79 Å². The zero-order valence-corrected chi connectivity index (χ0v) is 7.34. The normalized spacial score (nSPS) is 9.90. The fraction of sp³-hybridized carbons (Fsp3) is 0.286. The Morgan fingerprint density at radius 3 is 2.40 bits per heavy atom. The van der Waals surface area contributed by atoms with Crippen LogP contribution >= 0.6 is 22.9 Å². The zero-order valence-electron chi connectivity index (χ0n) is 5.77. The number of carbonyl (C=O) groups excluding carboxylic acids is 1. The molecule has 1 rings (SSSR count). The van der Waals surface area contributed by atoms with Gasteiger partial charge >= 0.3 is 0 Å². The molecule has 0 fully saturated rings. The fourth-order valence-corrected chi connectivity index (χ4v) is 1.83. The highest BCUT2D eigenvalue weighted by Crippen LogP contribution is 2.21. The van der Waals surface area contributed by atoms with Gasteiger partial charge in [-0.05, 0) is 31.0 Å². The van der Waals surface area contributed by atoms with Gasteiger partial charge in [-0.15, -0.1) is 11.3 Å². The van der Waals surface area contributed by atoms with Gasteiger partial charge in [-0.25, -0.2) is 0 Å². The first-order valence-corrected chi connectivity index (χ1v) is 4.13. The molecule has 0 N–H and O–H groups in total. The van der Waals surface area contributed by atoms with Crippen LogP contribution in [0.15, 0.2) is 5.38 Å². The average molecular weight is 175 g/mol. The van der Waals surface area contributed by atoms with E-state index in [2.05, 4.69) is 0 Å². The third-order valence-corrected chi connectivity index (χ3v) is 2.71. The number of thiophene rings is 1. The maximum Gasteiger partial charge on any atom is 0.253 e. The van der Waals surface area contributed by atoms with Crippen molar-refractivity contribution >= 4 is 28.2 Å². The highest BCUT2D eigenvalue weighted by Gasteiger charge is 2.08. The Labute approximate surface area is 68.6 Å². The van der Waals surface area contributed by atoms with Gasteiger partial charge in [-0.1, -0.05) is 0 Å². The minimum atomic E-state index is -0.359. The van der Waals surface area contributed by atoms with Gasteiger partial charge in [0, 0.05) is 15.8 Å². The topological polar surface area (TPSA) is 17.1 Å². The van der Waals surface area contributed by atoms with Gasteiger partial charge in [-0.3, -0.25) is 4.79 Å². The molecule has 1 aromatic rings. The van der Waals surface area contributed by atoms with E-state index in [1.165, 1.54) is 0 Å². The summed E-state index contributed by atoms with van der Waals surface area (Å²) in [5.74, 6) is 0. The molecule has 0 amide bonds. The van der Waals surface area contributed by atoms with Crippen molar-refractivity contribution in [2.24, 2.45) is 0 Å². The maximum absolute atomic E-state index is 10.7. The summed E-state index contributed by atoms with van der Waals surface area (Å²) in [5, 5.41) is 1.43. The Kier molecular flexibility index (Phi) is 2.11. The van der Waals surface area contributed by atoms with Crippen LogP contribution in [0.4, 0.5) is 0 Å². The lowest BCUT2D eigenvalue weighted by atomic mass is 10.2. The molecule has 0 unspecified atom stereocenters. The summed E-state index contributed by atoms with van der Waals surface area (Å²) >= 11 is 6.84. The number of hydrogen-bond donors (Lipinski definition) is 0. The first-order chi connectivity index (χ1) is 4.63. The van der Waals surface area contributed by atoms with Crippen LogP contribution in [0.3, 0.4) is 0 Å². The average Bonchev–Trinajstić information content (AvgIpc) is 2.14. The highest BCUT2D eigenvalue weighted by atomic mass is 35.5. The zero-order chi connectivity index (χ0) is 7.72. The number of hydrogen-bond acceptors (Lipinski definition) is 2. The minimum absolute atomic E-state index is 0.359. The second-order valence-electron chi connectivity index (χ2n) is 2.10. The van der Waals surface area contributed by atoms with E-state index in [0.29, 0.717) is 5.56 Å². The number of halogens is 1. The molecule has 0 atom stereocenters. The van der Waals surface area contributed by atoms with Gasteiger partial charge in [-0.2, -0.15) is 0 Å². The van der Waals surface area contributed by atoms with Crippen LogP contribution in [0.25, 0.3) is 0 Å². The predicted octanol–water partition coefficient (Wildman–Crippen LogP) is 2.74. The quantitative estimate of drug-likeness (QED) is 0.599. The smallest absolute Gasteiger partial charge is 0.253 e. The van der Waals surface area contributed by atoms with Crippen LogP contribution in [0.2, 0.25) is 0 Å². The van der Waals surface area contributed by atoms with Crippen molar-refractivity contribution in [1.29, 1.82) is 0 Å². The fourth-order valence-electron chi connectivity index (χ4n) is 0.707. The summed E-state index contributed by atoms with van der Waals surface area (Å²) < 4.78 is 0. The van der Waals surface area contributed by atoms with Crippen LogP contribution in [-0.2, 0) is 0 Å². The van der Waals surface area contributed by atoms with E-state index < -0.39 is 0 Å². The van der Waals surface area contributed by atoms with E-state index in [1.54, 1.807) is 16.7 Å². The molecule has 0 spiro atoms. The van der Waals surface area contributed by atoms with Crippen molar-refractivity contribution < 1.29 is 4.79 Å². The first kappa shape index (κ1) is 7.76. The molecule has 0 aromatic carbocycles. The molecule has 1 heterocycles. The summed E-state index contributed by atoms with van der Waals surface area (Å²) in [5.41, 5.74) is 1.65. The molecule has 0 saturated carbocycles. The monoisotopic (exact) mass is 174 g/mol. The van der Waals surface area contributed by atoms with E-state index >= 15 is 0 Å². The molecule has 1 aromatic heterocycles. The van der Waals surface area contributed by atoms with Crippen molar-refractivity contribution in [2.75, 3.05) is 0 Å². The lowest BCUT2D eigenvalue weighted by Crippen LogP contribution is -1.87. The molecule has 0 aliphatic rings. The molecule has 10 heavy (non-hydrogen) atoms. The van der Waals surface area contributed by atoms with Crippen LogP contribution < -0.4 is 0 Å². The predicted molar refractivity (Wildman–Crippen MR) is 44.0 cm³/mol. The molecule has 3 heteroatoms. The Hall–Kier alpha value is -0.340. The van der Waals surface area contributed by atoms with Crippen LogP contribution in [0.1, 0.15) is 20.8 Å². The molecular formula is C7H7ClOS. The maximum atomic E-state index is 10.7. The second kappa shape index (κ2) is 2.72. The number of carbonyl (C=O) groups is 1. The lowest BCUT2D eigenvalue weighted by Gasteiger charge is -1.89. The Morgan fingerprint density at radius 1 is 1.60 bits per heavy atom. The molecular weight excluding hydrogens is 168 g/mol. The Morgan fingerprint density at radius 2 is 2.20 bits per heavy atom. The highest BCUT2D eigenvalue weighted by molar-refractivity contribution is 7.10. The number of aryl methyl sites for hydroxylation is 1. The van der Waals surface area contributed by atoms with Crippen LogP contribution in [-0.4, -0.2) is 5.24 Å². The van der Waals surface area contributed by atoms with Gasteiger partial charge < -0.3 is 0 Å². The summed E-state index contributed by atoms with van der Waals surface area (Å²) in [6, 6.07) is 0. The van der Waals surface area contributed by atoms with E-state index in [1.807, 2.05) is 13.8 Å². The van der Waals surface area contributed by atoms with E-state index in [0.717, 1.165) is 10.4 Å². The van der Waals surface area contributed by atoms with Gasteiger partial charge in [0.2, 0.25) is 0 Å². The summed E-state index contributed by atoms with van der Waals surface area (Å²) in [6.45, 7) is 3.88. The van der Waals surface area contributed by atoms with E-state index in [-0.39, 0.29) is 5.24 Å². The summed E-state index contributed by atoms with van der Waals surface area (Å²) in [6.07, 6.45) is 0. The second-order valence-corrected chi connectivity index (χ2v) is 3.53. The van der Waals surface area contributed by atoms with Crippen molar-refractivity contribution in [2.45, 2.75) is 13.8 Å². The summed E-state index contributed by atoms with van der Waals surface area (Å²) in [4.78, 5) is 11.8. The number of rotatable bonds is 1. The van der Waals surface area contributed by atoms with Crippen LogP contribution in [0, 0.1) is 13.8 Å². The minimum Gasteiger partial charge on any atom is -0.276 e. The third kappa shape index (κ3) is 1.22. The van der Waals surface area contributed by atoms with Crippen molar-refractivity contribution in [3.05, 3.63) is 21.4 Å². The van der Waals surface area contributed by atoms with E-state index in [4.69, 9.17) is 11.6 Å². The molecule has 0 aliphatic carbocycles. The van der Waals surface area contributed by atoms with Gasteiger partial charge in [0.05, 0.1) is 0 Å². The lowest BCUT2D eigenvalue weighted by molar-refractivity contribution is 0.108. The molecule has 0 radical (unpaired) electrons. The standard InChI is InChI=1S/C7H7ClOS/c1-4-5(2)10-3-6(4)7(8)9/h3H,1-2H3. The molecule has 0 aliphatic heterocycles. The van der Waals surface area contributed by atoms with Crippen LogP contribution in [0.5, 0.6) is 0 Å². The SMILES string of the molecule is Cc1scc(C(=O)Cl)c1C.